The number of rotatable bonds is 8. The van der Waals surface area contributed by atoms with Crippen molar-refractivity contribution in [2.45, 2.75) is 36.1 Å². The molecule has 0 radical (unpaired) electrons. The lowest BCUT2D eigenvalue weighted by Crippen LogP contribution is -2.50. The minimum absolute atomic E-state index is 0.150. The predicted molar refractivity (Wildman–Crippen MR) is 146 cm³/mol. The molecule has 4 N–H and O–H groups in total. The number of hydrogen-bond acceptors (Lipinski definition) is 6. The molecule has 37 heavy (non-hydrogen) atoms. The molecule has 0 atom stereocenters. The number of para-hydroxylation sites is 1. The van der Waals surface area contributed by atoms with Crippen LogP contribution in [0.1, 0.15) is 34.5 Å². The van der Waals surface area contributed by atoms with E-state index < -0.39 is 15.6 Å². The van der Waals surface area contributed by atoms with Gasteiger partial charge in [-0.1, -0.05) is 42.5 Å². The maximum Gasteiger partial charge on any atom is 0.271 e. The van der Waals surface area contributed by atoms with E-state index in [-0.39, 0.29) is 16.7 Å². The number of likely N-dealkylation sites (tertiary alicyclic amines) is 1. The van der Waals surface area contributed by atoms with E-state index in [9.17, 15) is 18.3 Å². The topological polar surface area (TPSA) is 115 Å². The summed E-state index contributed by atoms with van der Waals surface area (Å²) in [4.78, 5) is 18.3. The Labute approximate surface area is 220 Å². The molecule has 3 heterocycles. The molecule has 0 bridgehead atoms. The number of aryl methyl sites for hydroxylation is 1. The second-order valence-corrected chi connectivity index (χ2v) is 12.4. The number of carbonyl (C=O) groups excluding carboxylic acids is 1. The van der Waals surface area contributed by atoms with Crippen LogP contribution in [0.2, 0.25) is 0 Å². The van der Waals surface area contributed by atoms with Crippen molar-refractivity contribution in [1.82, 2.24) is 15.2 Å². The van der Waals surface area contributed by atoms with Gasteiger partial charge in [-0.15, -0.1) is 11.3 Å². The number of nitrogens with one attached hydrogen (secondary N) is 3. The molecule has 1 aliphatic heterocycles. The molecule has 1 fully saturated rings. The minimum atomic E-state index is -3.75. The number of amides is 1. The molecule has 4 aromatic rings. The Morgan fingerprint density at radius 1 is 1.11 bits per heavy atom. The van der Waals surface area contributed by atoms with Crippen molar-refractivity contribution in [2.24, 2.45) is 0 Å². The van der Waals surface area contributed by atoms with Crippen LogP contribution in [0.3, 0.4) is 0 Å². The summed E-state index contributed by atoms with van der Waals surface area (Å²) < 4.78 is 28.7. The summed E-state index contributed by atoms with van der Waals surface area (Å²) in [5, 5.41) is 16.4. The van der Waals surface area contributed by atoms with Crippen molar-refractivity contribution >= 4 is 43.9 Å². The summed E-state index contributed by atoms with van der Waals surface area (Å²) in [7, 11) is -3.75. The van der Waals surface area contributed by atoms with Crippen molar-refractivity contribution in [2.75, 3.05) is 24.4 Å². The number of H-pyrrole nitrogens is 1. The van der Waals surface area contributed by atoms with Crippen molar-refractivity contribution in [3.8, 4) is 0 Å². The number of piperidine rings is 1. The fourth-order valence-corrected chi connectivity index (χ4v) is 7.17. The number of hydrogen-bond donors (Lipinski definition) is 4. The molecular formula is C27H30N4O4S2. The average molecular weight is 539 g/mol. The molecule has 1 aliphatic rings. The van der Waals surface area contributed by atoms with Crippen LogP contribution in [0.15, 0.2) is 70.3 Å². The highest BCUT2D eigenvalue weighted by Gasteiger charge is 2.33. The van der Waals surface area contributed by atoms with Gasteiger partial charge in [0, 0.05) is 31.6 Å². The van der Waals surface area contributed by atoms with Crippen LogP contribution >= 0.6 is 11.3 Å². The van der Waals surface area contributed by atoms with Crippen LogP contribution in [0.4, 0.5) is 5.69 Å². The third-order valence-electron chi connectivity index (χ3n) is 6.82. The van der Waals surface area contributed by atoms with Crippen LogP contribution in [-0.4, -0.2) is 54.6 Å². The Balaban J connectivity index is 1.22. The molecular weight excluding hydrogens is 508 g/mol. The van der Waals surface area contributed by atoms with E-state index in [4.69, 9.17) is 0 Å². The van der Waals surface area contributed by atoms with Gasteiger partial charge < -0.3 is 15.4 Å². The lowest BCUT2D eigenvalue weighted by Gasteiger charge is -2.38. The molecule has 0 aliphatic carbocycles. The first-order valence-corrected chi connectivity index (χ1v) is 14.5. The molecule has 0 saturated carbocycles. The van der Waals surface area contributed by atoms with Crippen molar-refractivity contribution in [3.63, 3.8) is 0 Å². The third-order valence-corrected chi connectivity index (χ3v) is 9.87. The Morgan fingerprint density at radius 2 is 1.86 bits per heavy atom. The van der Waals surface area contributed by atoms with Crippen LogP contribution in [0.25, 0.3) is 10.9 Å². The normalized spacial score (nSPS) is 16.1. The van der Waals surface area contributed by atoms with Crippen LogP contribution in [0, 0.1) is 6.92 Å². The number of thiophene rings is 1. The van der Waals surface area contributed by atoms with E-state index >= 15 is 0 Å². The Kier molecular flexibility index (Phi) is 7.09. The second kappa shape index (κ2) is 10.3. The number of aliphatic hydroxyl groups is 1. The standard InChI is InChI=1S/C27H30N4O4S2/c1-19-10-15-36-26(19)37(34,35)30-22-9-5-8-21-16-23(29-24(21)22)25(32)28-18-27(33)11-13-31(14-12-27)17-20-6-3-2-4-7-20/h2-10,15-16,29-30,33H,11-14,17-18H2,1H3,(H,28,32). The van der Waals surface area contributed by atoms with Gasteiger partial charge in [-0.3, -0.25) is 14.4 Å². The lowest BCUT2D eigenvalue weighted by molar-refractivity contribution is -0.0208. The zero-order valence-corrected chi connectivity index (χ0v) is 22.2. The second-order valence-electron chi connectivity index (χ2n) is 9.62. The number of nitrogens with zero attached hydrogens (tertiary/aromatic N) is 1. The number of sulfonamides is 1. The zero-order valence-electron chi connectivity index (χ0n) is 20.5. The van der Waals surface area contributed by atoms with Gasteiger partial charge in [-0.2, -0.15) is 0 Å². The number of aromatic amines is 1. The van der Waals surface area contributed by atoms with E-state index in [1.165, 1.54) is 5.56 Å². The predicted octanol–water partition coefficient (Wildman–Crippen LogP) is 4.10. The van der Waals surface area contributed by atoms with Crippen molar-refractivity contribution in [3.05, 3.63) is 82.9 Å². The van der Waals surface area contributed by atoms with E-state index in [0.29, 0.717) is 40.7 Å². The largest absolute Gasteiger partial charge is 0.388 e. The molecule has 2 aromatic heterocycles. The van der Waals surface area contributed by atoms with E-state index in [1.807, 2.05) is 24.3 Å². The first-order chi connectivity index (χ1) is 17.7. The van der Waals surface area contributed by atoms with Gasteiger partial charge in [0.2, 0.25) is 0 Å². The SMILES string of the molecule is Cc1ccsc1S(=O)(=O)Nc1cccc2cc(C(=O)NCC3(O)CCN(Cc4ccccc4)CC3)[nH]c12. The van der Waals surface area contributed by atoms with E-state index in [0.717, 1.165) is 31.0 Å². The monoisotopic (exact) mass is 538 g/mol. The third kappa shape index (κ3) is 5.72. The van der Waals surface area contributed by atoms with E-state index in [2.05, 4.69) is 32.1 Å². The smallest absolute Gasteiger partial charge is 0.271 e. The van der Waals surface area contributed by atoms with Gasteiger partial charge in [-0.05, 0) is 54.5 Å². The number of fused-ring (bicyclic) bond motifs is 1. The van der Waals surface area contributed by atoms with Crippen LogP contribution in [-0.2, 0) is 16.6 Å². The van der Waals surface area contributed by atoms with Crippen molar-refractivity contribution in [1.29, 1.82) is 0 Å². The van der Waals surface area contributed by atoms with Gasteiger partial charge in [0.1, 0.15) is 9.90 Å². The highest BCUT2D eigenvalue weighted by molar-refractivity contribution is 7.94. The minimum Gasteiger partial charge on any atom is -0.388 e. The van der Waals surface area contributed by atoms with Gasteiger partial charge in [0.15, 0.2) is 0 Å². The quantitative estimate of drug-likeness (QED) is 0.270. The average Bonchev–Trinajstić information content (AvgIpc) is 3.52. The molecule has 10 heteroatoms. The molecule has 1 amide bonds. The lowest BCUT2D eigenvalue weighted by atomic mass is 9.91. The summed E-state index contributed by atoms with van der Waals surface area (Å²) >= 11 is 1.16. The molecule has 0 spiro atoms. The summed E-state index contributed by atoms with van der Waals surface area (Å²) in [5.41, 5.74) is 2.16. The van der Waals surface area contributed by atoms with E-state index in [1.54, 1.807) is 36.6 Å². The summed E-state index contributed by atoms with van der Waals surface area (Å²) in [6, 6.07) is 18.9. The molecule has 0 unspecified atom stereocenters. The Bertz CT molecular complexity index is 1500. The van der Waals surface area contributed by atoms with Gasteiger partial charge in [0.05, 0.1) is 16.8 Å². The van der Waals surface area contributed by atoms with Crippen molar-refractivity contribution < 1.29 is 18.3 Å². The maximum atomic E-state index is 12.9. The maximum absolute atomic E-state index is 12.9. The first-order valence-electron chi connectivity index (χ1n) is 12.2. The van der Waals surface area contributed by atoms with Gasteiger partial charge >= 0.3 is 0 Å². The molecule has 194 valence electrons. The molecule has 2 aromatic carbocycles. The Morgan fingerprint density at radius 3 is 2.57 bits per heavy atom. The molecule has 8 nitrogen and oxygen atoms in total. The van der Waals surface area contributed by atoms with Gasteiger partial charge in [0.25, 0.3) is 15.9 Å². The highest BCUT2D eigenvalue weighted by atomic mass is 32.2. The summed E-state index contributed by atoms with van der Waals surface area (Å²) in [6.07, 6.45) is 1.14. The summed E-state index contributed by atoms with van der Waals surface area (Å²) in [5.74, 6) is -0.348. The molecule has 1 saturated heterocycles. The molecule has 5 rings (SSSR count). The number of aromatic nitrogens is 1. The zero-order chi connectivity index (χ0) is 26.0. The highest BCUT2D eigenvalue weighted by Crippen LogP contribution is 2.29. The number of anilines is 1. The Hall–Kier alpha value is -3.18. The van der Waals surface area contributed by atoms with Crippen LogP contribution in [0.5, 0.6) is 0 Å². The first kappa shape index (κ1) is 25.5. The summed E-state index contributed by atoms with van der Waals surface area (Å²) in [6.45, 7) is 4.25. The fraction of sp³-hybridized carbons (Fsp3) is 0.296. The number of carbonyl (C=O) groups is 1. The number of benzene rings is 2. The van der Waals surface area contributed by atoms with Crippen LogP contribution < -0.4 is 10.0 Å². The fourth-order valence-electron chi connectivity index (χ4n) is 4.67. The van der Waals surface area contributed by atoms with Gasteiger partial charge in [-0.25, -0.2) is 8.42 Å².